The van der Waals surface area contributed by atoms with E-state index in [0.29, 0.717) is 26.1 Å². The molecular formula is C21H30N2O5. The summed E-state index contributed by atoms with van der Waals surface area (Å²) < 4.78 is 11.4. The largest absolute Gasteiger partial charge is 0.481 e. The first-order chi connectivity index (χ1) is 13.5. The lowest BCUT2D eigenvalue weighted by Gasteiger charge is -2.35. The molecule has 1 aliphatic heterocycles. The summed E-state index contributed by atoms with van der Waals surface area (Å²) in [6.07, 6.45) is 5.93. The second kappa shape index (κ2) is 12.2. The first-order valence-electron chi connectivity index (χ1n) is 9.74. The number of carboxylic acid groups (broad SMARTS) is 1. The van der Waals surface area contributed by atoms with Gasteiger partial charge in [-0.05, 0) is 31.7 Å². The van der Waals surface area contributed by atoms with Crippen molar-refractivity contribution in [3.8, 4) is 0 Å². The van der Waals surface area contributed by atoms with Crippen LogP contribution in [-0.2, 0) is 20.8 Å². The lowest BCUT2D eigenvalue weighted by Crippen LogP contribution is -2.47. The highest BCUT2D eigenvalue weighted by Gasteiger charge is 2.29. The van der Waals surface area contributed by atoms with Crippen LogP contribution in [0.3, 0.4) is 0 Å². The molecule has 0 saturated carbocycles. The van der Waals surface area contributed by atoms with E-state index in [2.05, 4.69) is 10.6 Å². The Hall–Kier alpha value is -2.38. The number of rotatable bonds is 10. The summed E-state index contributed by atoms with van der Waals surface area (Å²) in [5.74, 6) is -0.630. The summed E-state index contributed by atoms with van der Waals surface area (Å²) in [5.41, 5.74) is 1.04. The molecule has 0 unspecified atom stereocenters. The number of amides is 2. The van der Waals surface area contributed by atoms with Crippen LogP contribution < -0.4 is 10.6 Å². The van der Waals surface area contributed by atoms with Gasteiger partial charge in [-0.15, -0.1) is 0 Å². The molecule has 2 amide bonds. The highest BCUT2D eigenvalue weighted by Crippen LogP contribution is 2.22. The highest BCUT2D eigenvalue weighted by molar-refractivity contribution is 5.73. The Labute approximate surface area is 166 Å². The van der Waals surface area contributed by atoms with E-state index in [1.54, 1.807) is 0 Å². The third kappa shape index (κ3) is 8.54. The number of hydrogen-bond acceptors (Lipinski definition) is 4. The molecule has 0 aromatic heterocycles. The minimum Gasteiger partial charge on any atom is -0.481 e. The number of carbonyl (C=O) groups excluding carboxylic acids is 1. The van der Waals surface area contributed by atoms with Gasteiger partial charge in [-0.25, -0.2) is 4.79 Å². The lowest BCUT2D eigenvalue weighted by molar-refractivity contribution is -0.224. The van der Waals surface area contributed by atoms with E-state index in [0.717, 1.165) is 18.4 Å². The summed E-state index contributed by atoms with van der Waals surface area (Å²) in [7, 11) is 0. The molecule has 1 aliphatic rings. The number of unbranched alkanes of at least 4 members (excludes halogenated alkanes) is 1. The minimum atomic E-state index is -0.770. The number of ether oxygens (including phenoxy) is 2. The Morgan fingerprint density at radius 1 is 1.21 bits per heavy atom. The van der Waals surface area contributed by atoms with E-state index < -0.39 is 5.97 Å². The van der Waals surface area contributed by atoms with Gasteiger partial charge in [-0.3, -0.25) is 4.79 Å². The van der Waals surface area contributed by atoms with Gasteiger partial charge in [-0.1, -0.05) is 42.5 Å². The second-order valence-corrected chi connectivity index (χ2v) is 6.88. The molecule has 1 aromatic rings. The van der Waals surface area contributed by atoms with Crippen molar-refractivity contribution < 1.29 is 24.2 Å². The van der Waals surface area contributed by atoms with Crippen molar-refractivity contribution in [3.63, 3.8) is 0 Å². The van der Waals surface area contributed by atoms with E-state index in [1.807, 2.05) is 49.4 Å². The monoisotopic (exact) mass is 390 g/mol. The maximum absolute atomic E-state index is 12.1. The fourth-order valence-electron chi connectivity index (χ4n) is 2.99. The first-order valence-corrected chi connectivity index (χ1v) is 9.74. The molecule has 154 valence electrons. The Morgan fingerprint density at radius 3 is 2.75 bits per heavy atom. The summed E-state index contributed by atoms with van der Waals surface area (Å²) in [4.78, 5) is 22.6. The fourth-order valence-corrected chi connectivity index (χ4v) is 2.99. The Bertz CT molecular complexity index is 635. The Kier molecular flexibility index (Phi) is 9.51. The number of urea groups is 1. The predicted molar refractivity (Wildman–Crippen MR) is 106 cm³/mol. The number of hydrogen-bond donors (Lipinski definition) is 3. The zero-order valence-corrected chi connectivity index (χ0v) is 16.3. The molecule has 0 radical (unpaired) electrons. The van der Waals surface area contributed by atoms with E-state index in [9.17, 15) is 9.59 Å². The number of aliphatic carboxylic acids is 1. The van der Waals surface area contributed by atoms with Gasteiger partial charge in [0, 0.05) is 25.4 Å². The van der Waals surface area contributed by atoms with E-state index in [1.165, 1.54) is 0 Å². The minimum absolute atomic E-state index is 0.130. The summed E-state index contributed by atoms with van der Waals surface area (Å²) in [5, 5.41) is 14.4. The molecule has 1 saturated heterocycles. The Morgan fingerprint density at radius 2 is 2.00 bits per heavy atom. The number of benzene rings is 1. The Balaban J connectivity index is 1.72. The summed E-state index contributed by atoms with van der Waals surface area (Å²) in [6.45, 7) is 3.30. The molecule has 7 heteroatoms. The zero-order valence-electron chi connectivity index (χ0n) is 16.3. The van der Waals surface area contributed by atoms with Crippen molar-refractivity contribution in [1.82, 2.24) is 10.6 Å². The van der Waals surface area contributed by atoms with E-state index in [-0.39, 0.29) is 30.8 Å². The third-order valence-corrected chi connectivity index (χ3v) is 4.56. The topological polar surface area (TPSA) is 96.9 Å². The van der Waals surface area contributed by atoms with Crippen LogP contribution in [0.1, 0.15) is 38.2 Å². The zero-order chi connectivity index (χ0) is 20.2. The SMILES string of the molecule is C[C@@H]1OC[C@H](C/C=C\CCCC(=O)O)[C@H](CNC(=O)NCc2ccccc2)O1. The van der Waals surface area contributed by atoms with Gasteiger partial charge in [0.2, 0.25) is 0 Å². The molecule has 1 fully saturated rings. The van der Waals surface area contributed by atoms with Gasteiger partial charge in [0.25, 0.3) is 0 Å². The highest BCUT2D eigenvalue weighted by atomic mass is 16.7. The number of carboxylic acids is 1. The van der Waals surface area contributed by atoms with Crippen LogP contribution in [-0.4, -0.2) is 42.7 Å². The van der Waals surface area contributed by atoms with Crippen molar-refractivity contribution in [2.24, 2.45) is 5.92 Å². The molecular weight excluding hydrogens is 360 g/mol. The first kappa shape index (κ1) is 21.9. The smallest absolute Gasteiger partial charge is 0.315 e. The van der Waals surface area contributed by atoms with Crippen LogP contribution in [0.15, 0.2) is 42.5 Å². The molecule has 0 spiro atoms. The van der Waals surface area contributed by atoms with Gasteiger partial charge in [-0.2, -0.15) is 0 Å². The van der Waals surface area contributed by atoms with E-state index in [4.69, 9.17) is 14.6 Å². The molecule has 3 N–H and O–H groups in total. The number of nitrogens with one attached hydrogen (secondary N) is 2. The molecule has 7 nitrogen and oxygen atoms in total. The maximum Gasteiger partial charge on any atom is 0.315 e. The summed E-state index contributed by atoms with van der Waals surface area (Å²) in [6, 6.07) is 9.51. The molecule has 1 heterocycles. The normalized spacial score (nSPS) is 22.1. The summed E-state index contributed by atoms with van der Waals surface area (Å²) >= 11 is 0. The van der Waals surface area contributed by atoms with Gasteiger partial charge in [0.15, 0.2) is 6.29 Å². The molecule has 0 bridgehead atoms. The molecule has 2 rings (SSSR count). The average molecular weight is 390 g/mol. The van der Waals surface area contributed by atoms with Crippen molar-refractivity contribution in [2.45, 2.75) is 51.5 Å². The van der Waals surface area contributed by atoms with Crippen molar-refractivity contribution in [2.75, 3.05) is 13.2 Å². The van der Waals surface area contributed by atoms with Gasteiger partial charge >= 0.3 is 12.0 Å². The molecule has 28 heavy (non-hydrogen) atoms. The van der Waals surface area contributed by atoms with Crippen LogP contribution in [0.4, 0.5) is 4.79 Å². The van der Waals surface area contributed by atoms with Crippen LogP contribution in [0, 0.1) is 5.92 Å². The predicted octanol–water partition coefficient (Wildman–Crippen LogP) is 3.06. The molecule has 1 aromatic carbocycles. The maximum atomic E-state index is 12.1. The molecule has 3 atom stereocenters. The average Bonchev–Trinajstić information content (AvgIpc) is 2.69. The van der Waals surface area contributed by atoms with Crippen molar-refractivity contribution in [1.29, 1.82) is 0 Å². The van der Waals surface area contributed by atoms with Gasteiger partial charge in [0.05, 0.1) is 12.7 Å². The van der Waals surface area contributed by atoms with Crippen LogP contribution in [0.5, 0.6) is 0 Å². The number of allylic oxidation sites excluding steroid dienone is 2. The van der Waals surface area contributed by atoms with E-state index >= 15 is 0 Å². The van der Waals surface area contributed by atoms with Crippen molar-refractivity contribution >= 4 is 12.0 Å². The quantitative estimate of drug-likeness (QED) is 0.421. The van der Waals surface area contributed by atoms with Gasteiger partial charge < -0.3 is 25.2 Å². The standard InChI is InChI=1S/C21H30N2O5/c1-16-27-15-18(11-7-2-3-8-12-20(24)25)19(28-16)14-23-21(26)22-13-17-9-5-4-6-10-17/h2,4-7,9-10,16,18-19H,3,8,11-15H2,1H3,(H,24,25)(H2,22,23,26)/b7-2-/t16-,18+,19+/m1/s1. The van der Waals surface area contributed by atoms with Crippen LogP contribution in [0.2, 0.25) is 0 Å². The van der Waals surface area contributed by atoms with Crippen LogP contribution >= 0.6 is 0 Å². The number of carbonyl (C=O) groups is 2. The second-order valence-electron chi connectivity index (χ2n) is 6.88. The lowest BCUT2D eigenvalue weighted by atomic mass is 9.97. The fraction of sp³-hybridized carbons (Fsp3) is 0.524. The van der Waals surface area contributed by atoms with Crippen LogP contribution in [0.25, 0.3) is 0 Å². The van der Waals surface area contributed by atoms with Crippen molar-refractivity contribution in [3.05, 3.63) is 48.0 Å². The molecule has 0 aliphatic carbocycles. The third-order valence-electron chi connectivity index (χ3n) is 4.56. The van der Waals surface area contributed by atoms with Gasteiger partial charge in [0.1, 0.15) is 0 Å².